The number of benzene rings is 1. The molecule has 1 saturated carbocycles. The Morgan fingerprint density at radius 1 is 1.28 bits per heavy atom. The Bertz CT molecular complexity index is 1090. The van der Waals surface area contributed by atoms with Gasteiger partial charge in [-0.1, -0.05) is 5.16 Å². The standard InChI is InChI=1S/C21H20F3N5O3/c1-12-16(10-26-32-12)20(31)29-7-6-28(11-18(29)19(30)27-14-3-4-14)15-5-2-13(9-25)17(8-15)21(22,23)24/h2,5,8,10,14,18H,3-4,6-7,11H2,1H3,(H,27,30). The van der Waals surface area contributed by atoms with E-state index in [0.717, 1.165) is 25.0 Å². The van der Waals surface area contributed by atoms with Crippen LogP contribution >= 0.6 is 0 Å². The Labute approximate surface area is 181 Å². The summed E-state index contributed by atoms with van der Waals surface area (Å²) in [6, 6.07) is 4.16. The molecule has 8 nitrogen and oxygen atoms in total. The highest BCUT2D eigenvalue weighted by molar-refractivity contribution is 5.98. The molecule has 4 rings (SSSR count). The van der Waals surface area contributed by atoms with Gasteiger partial charge in [-0.15, -0.1) is 0 Å². The average Bonchev–Trinajstić information content (AvgIpc) is 3.48. The molecule has 2 amide bonds. The minimum Gasteiger partial charge on any atom is -0.367 e. The van der Waals surface area contributed by atoms with Gasteiger partial charge in [0.1, 0.15) is 17.4 Å². The van der Waals surface area contributed by atoms with Gasteiger partial charge in [-0.2, -0.15) is 18.4 Å². The third-order valence-corrected chi connectivity index (χ3v) is 5.64. The van der Waals surface area contributed by atoms with E-state index in [4.69, 9.17) is 9.78 Å². The number of alkyl halides is 3. The number of piperazine rings is 1. The van der Waals surface area contributed by atoms with Crippen molar-refractivity contribution in [3.8, 4) is 6.07 Å². The van der Waals surface area contributed by atoms with Crippen molar-refractivity contribution in [2.75, 3.05) is 24.5 Å². The second-order valence-corrected chi connectivity index (χ2v) is 7.88. The quantitative estimate of drug-likeness (QED) is 0.773. The maximum Gasteiger partial charge on any atom is 0.417 e. The molecule has 11 heteroatoms. The molecule has 0 radical (unpaired) electrons. The fraction of sp³-hybridized carbons (Fsp3) is 0.429. The first kappa shape index (κ1) is 21.7. The number of rotatable bonds is 4. The molecule has 168 valence electrons. The van der Waals surface area contributed by atoms with E-state index in [9.17, 15) is 22.8 Å². The lowest BCUT2D eigenvalue weighted by atomic mass is 10.0. The molecule has 1 N–H and O–H groups in total. The molecule has 1 saturated heterocycles. The number of nitrogens with one attached hydrogen (secondary N) is 1. The number of amides is 2. The number of anilines is 1. The van der Waals surface area contributed by atoms with Gasteiger partial charge in [0, 0.05) is 31.4 Å². The fourth-order valence-electron chi connectivity index (χ4n) is 3.73. The largest absolute Gasteiger partial charge is 0.417 e. The SMILES string of the molecule is Cc1oncc1C(=O)N1CCN(c2ccc(C#N)c(C(F)(F)F)c2)CC1C(=O)NC1CC1. The molecule has 1 aliphatic carbocycles. The Balaban J connectivity index is 1.62. The van der Waals surface area contributed by atoms with E-state index in [-0.39, 0.29) is 42.8 Å². The summed E-state index contributed by atoms with van der Waals surface area (Å²) >= 11 is 0. The number of hydrogen-bond acceptors (Lipinski definition) is 6. The van der Waals surface area contributed by atoms with Crippen molar-refractivity contribution in [3.05, 3.63) is 46.8 Å². The van der Waals surface area contributed by atoms with Crippen LogP contribution in [0.4, 0.5) is 18.9 Å². The summed E-state index contributed by atoms with van der Waals surface area (Å²) in [6.07, 6.45) is -1.69. The van der Waals surface area contributed by atoms with Gasteiger partial charge in [0.2, 0.25) is 5.91 Å². The van der Waals surface area contributed by atoms with E-state index in [1.54, 1.807) is 17.9 Å². The van der Waals surface area contributed by atoms with Gasteiger partial charge in [-0.3, -0.25) is 9.59 Å². The lowest BCUT2D eigenvalue weighted by Crippen LogP contribution is -2.61. The molecule has 1 aliphatic heterocycles. The highest BCUT2D eigenvalue weighted by atomic mass is 19.4. The van der Waals surface area contributed by atoms with Crippen molar-refractivity contribution < 1.29 is 27.3 Å². The molecule has 2 heterocycles. The number of hydrogen-bond donors (Lipinski definition) is 1. The third-order valence-electron chi connectivity index (χ3n) is 5.64. The zero-order valence-electron chi connectivity index (χ0n) is 17.1. The molecule has 32 heavy (non-hydrogen) atoms. The molecule has 2 aromatic rings. The first-order valence-corrected chi connectivity index (χ1v) is 10.1. The summed E-state index contributed by atoms with van der Waals surface area (Å²) in [6.45, 7) is 1.93. The van der Waals surface area contributed by atoms with Crippen molar-refractivity contribution in [1.29, 1.82) is 5.26 Å². The smallest absolute Gasteiger partial charge is 0.367 e. The van der Waals surface area contributed by atoms with Gasteiger partial charge in [0.15, 0.2) is 0 Å². The maximum atomic E-state index is 13.4. The van der Waals surface area contributed by atoms with Crippen LogP contribution in [0.2, 0.25) is 0 Å². The van der Waals surface area contributed by atoms with Gasteiger partial charge in [0.05, 0.1) is 23.4 Å². The number of aryl methyl sites for hydroxylation is 1. The van der Waals surface area contributed by atoms with Crippen molar-refractivity contribution in [2.45, 2.75) is 38.0 Å². The summed E-state index contributed by atoms with van der Waals surface area (Å²) in [5, 5.41) is 15.5. The van der Waals surface area contributed by atoms with E-state index in [2.05, 4.69) is 10.5 Å². The molecule has 2 aliphatic rings. The Morgan fingerprint density at radius 3 is 2.62 bits per heavy atom. The Kier molecular flexibility index (Phi) is 5.54. The van der Waals surface area contributed by atoms with E-state index in [1.807, 2.05) is 0 Å². The van der Waals surface area contributed by atoms with Crippen LogP contribution in [0, 0.1) is 18.3 Å². The first-order valence-electron chi connectivity index (χ1n) is 10.1. The van der Waals surface area contributed by atoms with Crippen LogP contribution < -0.4 is 10.2 Å². The van der Waals surface area contributed by atoms with Crippen LogP contribution in [-0.4, -0.2) is 53.6 Å². The predicted molar refractivity (Wildman–Crippen MR) is 106 cm³/mol. The fourth-order valence-corrected chi connectivity index (χ4v) is 3.73. The minimum absolute atomic E-state index is 0.0117. The highest BCUT2D eigenvalue weighted by Gasteiger charge is 2.40. The van der Waals surface area contributed by atoms with E-state index in [1.165, 1.54) is 17.2 Å². The number of carbonyl (C=O) groups excluding carboxylic acids is 2. The van der Waals surface area contributed by atoms with Gasteiger partial charge < -0.3 is 19.6 Å². The van der Waals surface area contributed by atoms with E-state index >= 15 is 0 Å². The van der Waals surface area contributed by atoms with Crippen LogP contribution in [0.15, 0.2) is 28.9 Å². The monoisotopic (exact) mass is 447 g/mol. The van der Waals surface area contributed by atoms with Gasteiger partial charge >= 0.3 is 6.18 Å². The van der Waals surface area contributed by atoms with Crippen molar-refractivity contribution >= 4 is 17.5 Å². The van der Waals surface area contributed by atoms with Crippen LogP contribution in [0.1, 0.15) is 40.1 Å². The normalized spacial score (nSPS) is 18.9. The molecule has 1 atom stereocenters. The summed E-state index contributed by atoms with van der Waals surface area (Å²) in [5.41, 5.74) is -1.04. The molecule has 1 aromatic heterocycles. The first-order chi connectivity index (χ1) is 15.2. The average molecular weight is 447 g/mol. The van der Waals surface area contributed by atoms with Crippen LogP contribution in [0.5, 0.6) is 0 Å². The zero-order valence-corrected chi connectivity index (χ0v) is 17.1. The van der Waals surface area contributed by atoms with Crippen molar-refractivity contribution in [1.82, 2.24) is 15.4 Å². The maximum absolute atomic E-state index is 13.4. The topological polar surface area (TPSA) is 102 Å². The van der Waals surface area contributed by atoms with Gasteiger partial charge in [0.25, 0.3) is 5.91 Å². The Hall–Kier alpha value is -3.55. The predicted octanol–water partition coefficient (Wildman–Crippen LogP) is 2.48. The lowest BCUT2D eigenvalue weighted by Gasteiger charge is -2.41. The van der Waals surface area contributed by atoms with Crippen LogP contribution in [0.3, 0.4) is 0 Å². The molecule has 2 fully saturated rings. The summed E-state index contributed by atoms with van der Waals surface area (Å²) in [4.78, 5) is 29.0. The second kappa shape index (κ2) is 8.18. The third kappa shape index (κ3) is 4.26. The number of aromatic nitrogens is 1. The Morgan fingerprint density at radius 2 is 2.03 bits per heavy atom. The number of carbonyl (C=O) groups is 2. The number of halogens is 3. The molecular weight excluding hydrogens is 427 g/mol. The van der Waals surface area contributed by atoms with Crippen LogP contribution in [0.25, 0.3) is 0 Å². The lowest BCUT2D eigenvalue weighted by molar-refractivity contribution is -0.137. The molecule has 1 unspecified atom stereocenters. The molecular formula is C21H20F3N5O3. The summed E-state index contributed by atoms with van der Waals surface area (Å²) in [7, 11) is 0. The van der Waals surface area contributed by atoms with Crippen molar-refractivity contribution in [2.24, 2.45) is 0 Å². The second-order valence-electron chi connectivity index (χ2n) is 7.88. The number of nitrogens with zero attached hydrogens (tertiary/aromatic N) is 4. The number of nitriles is 1. The summed E-state index contributed by atoms with van der Waals surface area (Å²) < 4.78 is 45.2. The summed E-state index contributed by atoms with van der Waals surface area (Å²) in [5.74, 6) is -0.458. The van der Waals surface area contributed by atoms with E-state index < -0.39 is 29.3 Å². The molecule has 1 aromatic carbocycles. The highest BCUT2D eigenvalue weighted by Crippen LogP contribution is 2.35. The van der Waals surface area contributed by atoms with Crippen molar-refractivity contribution in [3.63, 3.8) is 0 Å². The zero-order chi connectivity index (χ0) is 23.0. The molecule has 0 spiro atoms. The van der Waals surface area contributed by atoms with Gasteiger partial charge in [-0.05, 0) is 38.0 Å². The minimum atomic E-state index is -4.69. The van der Waals surface area contributed by atoms with Crippen LogP contribution in [-0.2, 0) is 11.0 Å². The van der Waals surface area contributed by atoms with E-state index in [0.29, 0.717) is 5.76 Å². The molecule has 0 bridgehead atoms. The van der Waals surface area contributed by atoms with Gasteiger partial charge in [-0.25, -0.2) is 0 Å².